The van der Waals surface area contributed by atoms with E-state index in [9.17, 15) is 10.1 Å². The lowest BCUT2D eigenvalue weighted by atomic mass is 9.68. The molecule has 4 heteroatoms. The molecule has 1 fully saturated rings. The summed E-state index contributed by atoms with van der Waals surface area (Å²) >= 11 is 0. The van der Waals surface area contributed by atoms with Crippen molar-refractivity contribution in [2.24, 2.45) is 0 Å². The fraction of sp³-hybridized carbons (Fsp3) is 0.417. The average Bonchev–Trinajstić information content (AvgIpc) is 2.69. The molecule has 0 bridgehead atoms. The maximum Gasteiger partial charge on any atom is 0.235 e. The number of amides is 1. The molecule has 0 radical (unpaired) electrons. The topological polar surface area (TPSA) is 62.1 Å². The van der Waals surface area contributed by atoms with Crippen molar-refractivity contribution in [2.45, 2.75) is 64.4 Å². The molecule has 1 aliphatic carbocycles. The molecule has 2 aromatic carbocycles. The lowest BCUT2D eigenvalue weighted by Gasteiger charge is -2.36. The van der Waals surface area contributed by atoms with Crippen LogP contribution in [0.25, 0.3) is 0 Å². The number of nitriles is 1. The number of aryl methyl sites for hydroxylation is 1. The van der Waals surface area contributed by atoms with E-state index in [0.29, 0.717) is 17.0 Å². The second kappa shape index (κ2) is 8.48. The van der Waals surface area contributed by atoms with Crippen LogP contribution in [0, 0.1) is 18.3 Å². The molecule has 146 valence electrons. The minimum absolute atomic E-state index is 0.0215. The van der Waals surface area contributed by atoms with Gasteiger partial charge in [-0.15, -0.1) is 0 Å². The molecule has 1 aliphatic rings. The SMILES string of the molecule is Cc1cccc(C2(C(=O)Nc3ccc(OC(C)C)cc3C#N)CCCCC2)c1. The third kappa shape index (κ3) is 4.20. The quantitative estimate of drug-likeness (QED) is 0.750. The lowest BCUT2D eigenvalue weighted by molar-refractivity contribution is -0.122. The predicted molar refractivity (Wildman–Crippen MR) is 111 cm³/mol. The van der Waals surface area contributed by atoms with Crippen molar-refractivity contribution in [1.29, 1.82) is 5.26 Å². The van der Waals surface area contributed by atoms with Crippen molar-refractivity contribution in [3.05, 3.63) is 59.2 Å². The number of rotatable bonds is 5. The number of benzene rings is 2. The Morgan fingerprint density at radius 2 is 1.89 bits per heavy atom. The molecule has 2 aromatic rings. The lowest BCUT2D eigenvalue weighted by Crippen LogP contribution is -2.42. The summed E-state index contributed by atoms with van der Waals surface area (Å²) in [4.78, 5) is 13.5. The van der Waals surface area contributed by atoms with E-state index in [4.69, 9.17) is 4.74 Å². The van der Waals surface area contributed by atoms with Crippen LogP contribution in [0.2, 0.25) is 0 Å². The van der Waals surface area contributed by atoms with Gasteiger partial charge in [-0.05, 0) is 51.3 Å². The fourth-order valence-electron chi connectivity index (χ4n) is 4.06. The Morgan fingerprint density at radius 3 is 2.54 bits per heavy atom. The highest BCUT2D eigenvalue weighted by Gasteiger charge is 2.41. The van der Waals surface area contributed by atoms with Gasteiger partial charge in [0.1, 0.15) is 11.8 Å². The number of hydrogen-bond acceptors (Lipinski definition) is 3. The molecule has 1 saturated carbocycles. The van der Waals surface area contributed by atoms with Crippen LogP contribution in [0.3, 0.4) is 0 Å². The second-order valence-electron chi connectivity index (χ2n) is 7.95. The first-order chi connectivity index (χ1) is 13.4. The summed E-state index contributed by atoms with van der Waals surface area (Å²) in [6.07, 6.45) is 4.92. The zero-order valence-corrected chi connectivity index (χ0v) is 16.9. The summed E-state index contributed by atoms with van der Waals surface area (Å²) < 4.78 is 5.67. The van der Waals surface area contributed by atoms with Crippen LogP contribution in [0.4, 0.5) is 5.69 Å². The summed E-state index contributed by atoms with van der Waals surface area (Å²) in [5.74, 6) is 0.613. The van der Waals surface area contributed by atoms with Gasteiger partial charge < -0.3 is 10.1 Å². The van der Waals surface area contributed by atoms with Crippen LogP contribution in [-0.4, -0.2) is 12.0 Å². The Morgan fingerprint density at radius 1 is 1.14 bits per heavy atom. The minimum atomic E-state index is -0.538. The summed E-state index contributed by atoms with van der Waals surface area (Å²) in [6, 6.07) is 15.7. The summed E-state index contributed by atoms with van der Waals surface area (Å²) in [7, 11) is 0. The maximum absolute atomic E-state index is 13.5. The Bertz CT molecular complexity index is 890. The first kappa shape index (κ1) is 19.9. The van der Waals surface area contributed by atoms with Crippen molar-refractivity contribution >= 4 is 11.6 Å². The first-order valence-electron chi connectivity index (χ1n) is 10.0. The monoisotopic (exact) mass is 376 g/mol. The molecular formula is C24H28N2O2. The van der Waals surface area contributed by atoms with Gasteiger partial charge in [-0.25, -0.2) is 0 Å². The van der Waals surface area contributed by atoms with E-state index in [1.165, 1.54) is 0 Å². The maximum atomic E-state index is 13.5. The number of carbonyl (C=O) groups is 1. The van der Waals surface area contributed by atoms with Gasteiger partial charge >= 0.3 is 0 Å². The van der Waals surface area contributed by atoms with Gasteiger partial charge in [0.05, 0.1) is 22.8 Å². The number of nitrogens with zero attached hydrogens (tertiary/aromatic N) is 1. The molecule has 0 saturated heterocycles. The molecular weight excluding hydrogens is 348 g/mol. The van der Waals surface area contributed by atoms with Gasteiger partial charge in [0, 0.05) is 6.07 Å². The molecule has 1 N–H and O–H groups in total. The third-order valence-corrected chi connectivity index (χ3v) is 5.44. The molecule has 0 heterocycles. The second-order valence-corrected chi connectivity index (χ2v) is 7.95. The van der Waals surface area contributed by atoms with Crippen molar-refractivity contribution in [2.75, 3.05) is 5.32 Å². The van der Waals surface area contributed by atoms with Crippen LogP contribution in [0.5, 0.6) is 5.75 Å². The zero-order chi connectivity index (χ0) is 20.1. The van der Waals surface area contributed by atoms with E-state index < -0.39 is 5.41 Å². The predicted octanol–water partition coefficient (Wildman–Crippen LogP) is 5.49. The highest BCUT2D eigenvalue weighted by Crippen LogP contribution is 2.41. The molecule has 4 nitrogen and oxygen atoms in total. The largest absolute Gasteiger partial charge is 0.491 e. The molecule has 0 unspecified atom stereocenters. The Kier molecular flexibility index (Phi) is 6.04. The number of ether oxygens (including phenoxy) is 1. The van der Waals surface area contributed by atoms with Gasteiger partial charge in [0.15, 0.2) is 0 Å². The number of carbonyl (C=O) groups excluding carboxylic acids is 1. The summed E-state index contributed by atoms with van der Waals surface area (Å²) in [5, 5.41) is 12.6. The highest BCUT2D eigenvalue weighted by molar-refractivity contribution is 6.00. The Balaban J connectivity index is 1.92. The van der Waals surface area contributed by atoms with Crippen molar-refractivity contribution < 1.29 is 9.53 Å². The zero-order valence-electron chi connectivity index (χ0n) is 16.9. The van der Waals surface area contributed by atoms with E-state index in [-0.39, 0.29) is 12.0 Å². The van der Waals surface area contributed by atoms with E-state index in [1.807, 2.05) is 19.9 Å². The van der Waals surface area contributed by atoms with E-state index in [2.05, 4.69) is 36.5 Å². The van der Waals surface area contributed by atoms with E-state index in [1.54, 1.807) is 18.2 Å². The molecule has 0 atom stereocenters. The molecule has 28 heavy (non-hydrogen) atoms. The van der Waals surface area contributed by atoms with E-state index >= 15 is 0 Å². The van der Waals surface area contributed by atoms with Crippen LogP contribution in [0.1, 0.15) is 62.6 Å². The van der Waals surface area contributed by atoms with Crippen molar-refractivity contribution in [1.82, 2.24) is 0 Å². The van der Waals surface area contributed by atoms with Crippen LogP contribution < -0.4 is 10.1 Å². The van der Waals surface area contributed by atoms with Crippen molar-refractivity contribution in [3.63, 3.8) is 0 Å². The van der Waals surface area contributed by atoms with Gasteiger partial charge in [-0.1, -0.05) is 49.1 Å². The molecule has 0 spiro atoms. The Labute approximate surface area is 167 Å². The molecule has 1 amide bonds. The van der Waals surface area contributed by atoms with Gasteiger partial charge in [0.25, 0.3) is 0 Å². The molecule has 3 rings (SSSR count). The van der Waals surface area contributed by atoms with Gasteiger partial charge in [-0.3, -0.25) is 4.79 Å². The minimum Gasteiger partial charge on any atom is -0.491 e. The van der Waals surface area contributed by atoms with E-state index in [0.717, 1.165) is 43.2 Å². The fourth-order valence-corrected chi connectivity index (χ4v) is 4.06. The highest BCUT2D eigenvalue weighted by atomic mass is 16.5. The summed E-state index contributed by atoms with van der Waals surface area (Å²) in [6.45, 7) is 5.94. The average molecular weight is 377 g/mol. The normalized spacial score (nSPS) is 15.7. The van der Waals surface area contributed by atoms with Crippen LogP contribution in [0.15, 0.2) is 42.5 Å². The third-order valence-electron chi connectivity index (χ3n) is 5.44. The molecule has 0 aliphatic heterocycles. The number of anilines is 1. The standard InChI is InChI=1S/C24H28N2O2/c1-17(2)28-21-10-11-22(19(15-21)16-25)26-23(27)24(12-5-4-6-13-24)20-9-7-8-18(3)14-20/h7-11,14-15,17H,4-6,12-13H2,1-3H3,(H,26,27). The Hall–Kier alpha value is -2.80. The van der Waals surface area contributed by atoms with Crippen LogP contribution >= 0.6 is 0 Å². The number of nitrogens with one attached hydrogen (secondary N) is 1. The van der Waals surface area contributed by atoms with Gasteiger partial charge in [-0.2, -0.15) is 5.26 Å². The first-order valence-corrected chi connectivity index (χ1v) is 10.0. The summed E-state index contributed by atoms with van der Waals surface area (Å²) in [5.41, 5.74) is 2.65. The smallest absolute Gasteiger partial charge is 0.235 e. The number of hydrogen-bond donors (Lipinski definition) is 1. The van der Waals surface area contributed by atoms with Gasteiger partial charge in [0.2, 0.25) is 5.91 Å². The van der Waals surface area contributed by atoms with Crippen LogP contribution in [-0.2, 0) is 10.2 Å². The molecule has 0 aromatic heterocycles. The van der Waals surface area contributed by atoms with Crippen molar-refractivity contribution in [3.8, 4) is 11.8 Å².